The highest BCUT2D eigenvalue weighted by atomic mass is 16.5. The topological polar surface area (TPSA) is 111 Å². The van der Waals surface area contributed by atoms with Crippen molar-refractivity contribution >= 4 is 11.9 Å². The molecule has 0 aromatic rings. The van der Waals surface area contributed by atoms with Gasteiger partial charge < -0.3 is 25.8 Å². The first-order chi connectivity index (χ1) is 10.1. The Morgan fingerprint density at radius 1 is 0.905 bits per heavy atom. The zero-order chi connectivity index (χ0) is 16.1. The number of hydrogen-bond acceptors (Lipinski definition) is 5. The largest absolute Gasteiger partial charge is 0.379 e. The number of rotatable bonds is 2. The summed E-state index contributed by atoms with van der Waals surface area (Å²) in [5.74, 6) is -0.262. The molecular formula is C13H28N4O4. The van der Waals surface area contributed by atoms with E-state index in [0.29, 0.717) is 46.1 Å². The quantitative estimate of drug-likeness (QED) is 0.695. The van der Waals surface area contributed by atoms with Crippen molar-refractivity contribution in [2.45, 2.75) is 13.8 Å². The van der Waals surface area contributed by atoms with Crippen LogP contribution in [0.4, 0.5) is 4.79 Å². The van der Waals surface area contributed by atoms with E-state index in [2.05, 4.69) is 0 Å². The molecule has 8 nitrogen and oxygen atoms in total. The van der Waals surface area contributed by atoms with E-state index in [9.17, 15) is 9.59 Å². The van der Waals surface area contributed by atoms with Gasteiger partial charge in [-0.25, -0.2) is 4.79 Å². The van der Waals surface area contributed by atoms with E-state index >= 15 is 0 Å². The summed E-state index contributed by atoms with van der Waals surface area (Å²) in [5, 5.41) is 0. The average Bonchev–Trinajstić information content (AvgIpc) is 2.51. The van der Waals surface area contributed by atoms with Gasteiger partial charge in [-0.15, -0.1) is 0 Å². The number of ether oxygens (including phenoxy) is 2. The molecule has 2 saturated heterocycles. The summed E-state index contributed by atoms with van der Waals surface area (Å²) in [6, 6.07) is -0.349. The van der Waals surface area contributed by atoms with E-state index in [1.165, 1.54) is 0 Å². The normalized spacial score (nSPS) is 18.7. The molecule has 0 unspecified atom stereocenters. The Morgan fingerprint density at radius 2 is 1.33 bits per heavy atom. The minimum absolute atomic E-state index is 0.262. The zero-order valence-corrected chi connectivity index (χ0v) is 13.0. The first kappa shape index (κ1) is 19.6. The fourth-order valence-electron chi connectivity index (χ4n) is 1.76. The molecule has 2 aliphatic heterocycles. The second-order valence-corrected chi connectivity index (χ2v) is 4.29. The molecule has 124 valence electrons. The van der Waals surface area contributed by atoms with Crippen LogP contribution in [0.25, 0.3) is 0 Å². The maximum absolute atomic E-state index is 10.4. The third-order valence-electron chi connectivity index (χ3n) is 2.81. The summed E-state index contributed by atoms with van der Waals surface area (Å²) < 4.78 is 10.1. The molecule has 8 heteroatoms. The Balaban J connectivity index is 0.000000342. The van der Waals surface area contributed by atoms with Gasteiger partial charge in [0.25, 0.3) is 0 Å². The van der Waals surface area contributed by atoms with Crippen molar-refractivity contribution in [2.24, 2.45) is 11.5 Å². The molecule has 2 heterocycles. The molecule has 2 fully saturated rings. The van der Waals surface area contributed by atoms with Gasteiger partial charge in [0.05, 0.1) is 33.0 Å². The van der Waals surface area contributed by atoms with Crippen LogP contribution in [0.1, 0.15) is 13.8 Å². The van der Waals surface area contributed by atoms with Gasteiger partial charge in [0, 0.05) is 26.2 Å². The Kier molecular flexibility index (Phi) is 11.6. The molecule has 3 amide bonds. The molecule has 0 radical (unpaired) electrons. The number of amides is 3. The minimum atomic E-state index is -0.349. The summed E-state index contributed by atoms with van der Waals surface area (Å²) in [6.07, 6.45) is 0. The zero-order valence-electron chi connectivity index (χ0n) is 13.0. The fourth-order valence-corrected chi connectivity index (χ4v) is 1.76. The minimum Gasteiger partial charge on any atom is -0.379 e. The van der Waals surface area contributed by atoms with Gasteiger partial charge >= 0.3 is 6.03 Å². The number of carbonyl (C=O) groups is 2. The van der Waals surface area contributed by atoms with Crippen LogP contribution in [0.5, 0.6) is 0 Å². The van der Waals surface area contributed by atoms with Crippen molar-refractivity contribution in [3.05, 3.63) is 0 Å². The van der Waals surface area contributed by atoms with Gasteiger partial charge in [-0.2, -0.15) is 0 Å². The SMILES string of the molecule is CC.NC(=O)CN1CCOCC1.NC(=O)N1CCOCC1. The van der Waals surface area contributed by atoms with Crippen LogP contribution in [-0.4, -0.2) is 80.9 Å². The Bertz CT molecular complexity index is 290. The van der Waals surface area contributed by atoms with E-state index in [0.717, 1.165) is 13.1 Å². The average molecular weight is 304 g/mol. The van der Waals surface area contributed by atoms with E-state index < -0.39 is 0 Å². The van der Waals surface area contributed by atoms with Crippen LogP contribution in [-0.2, 0) is 14.3 Å². The number of urea groups is 1. The lowest BCUT2D eigenvalue weighted by atomic mass is 10.4. The summed E-state index contributed by atoms with van der Waals surface area (Å²) in [6.45, 7) is 9.94. The van der Waals surface area contributed by atoms with Gasteiger partial charge in [-0.3, -0.25) is 9.69 Å². The lowest BCUT2D eigenvalue weighted by Gasteiger charge is -2.24. The van der Waals surface area contributed by atoms with Crippen LogP contribution in [0.2, 0.25) is 0 Å². The fraction of sp³-hybridized carbons (Fsp3) is 0.846. The molecular weight excluding hydrogens is 276 g/mol. The molecule has 0 saturated carbocycles. The molecule has 0 spiro atoms. The van der Waals surface area contributed by atoms with E-state index in [1.807, 2.05) is 18.7 Å². The summed E-state index contributed by atoms with van der Waals surface area (Å²) in [5.41, 5.74) is 10.0. The predicted octanol–water partition coefficient (Wildman–Crippen LogP) is -0.773. The standard InChI is InChI=1S/C6H12N2O2.C5H10N2O2.C2H6/c7-6(9)5-8-1-3-10-4-2-8;6-5(8)7-1-3-9-4-2-7;1-2/h1-5H2,(H2,7,9);1-4H2,(H2,6,8);1-2H3. The lowest BCUT2D eigenvalue weighted by Crippen LogP contribution is -2.43. The second kappa shape index (κ2) is 12.4. The van der Waals surface area contributed by atoms with Crippen molar-refractivity contribution < 1.29 is 19.1 Å². The molecule has 2 rings (SSSR count). The summed E-state index contributed by atoms with van der Waals surface area (Å²) >= 11 is 0. The number of nitrogens with zero attached hydrogens (tertiary/aromatic N) is 2. The predicted molar refractivity (Wildman–Crippen MR) is 79.8 cm³/mol. The van der Waals surface area contributed by atoms with Gasteiger partial charge in [-0.1, -0.05) is 13.8 Å². The molecule has 0 atom stereocenters. The highest BCUT2D eigenvalue weighted by Crippen LogP contribution is 1.95. The van der Waals surface area contributed by atoms with Crippen molar-refractivity contribution in [1.29, 1.82) is 0 Å². The third-order valence-corrected chi connectivity index (χ3v) is 2.81. The number of carbonyl (C=O) groups excluding carboxylic acids is 2. The Hall–Kier alpha value is -1.38. The van der Waals surface area contributed by atoms with Gasteiger partial charge in [0.15, 0.2) is 0 Å². The van der Waals surface area contributed by atoms with Crippen molar-refractivity contribution in [1.82, 2.24) is 9.80 Å². The second-order valence-electron chi connectivity index (χ2n) is 4.29. The molecule has 4 N–H and O–H groups in total. The van der Waals surface area contributed by atoms with Gasteiger partial charge in [-0.05, 0) is 0 Å². The number of hydrogen-bond donors (Lipinski definition) is 2. The lowest BCUT2D eigenvalue weighted by molar-refractivity contribution is -0.120. The van der Waals surface area contributed by atoms with Crippen molar-refractivity contribution in [3.8, 4) is 0 Å². The van der Waals surface area contributed by atoms with Crippen molar-refractivity contribution in [3.63, 3.8) is 0 Å². The molecule has 21 heavy (non-hydrogen) atoms. The third kappa shape index (κ3) is 10.1. The maximum Gasteiger partial charge on any atom is 0.314 e. The monoisotopic (exact) mass is 304 g/mol. The summed E-state index contributed by atoms with van der Waals surface area (Å²) in [7, 11) is 0. The summed E-state index contributed by atoms with van der Waals surface area (Å²) in [4.78, 5) is 24.4. The van der Waals surface area contributed by atoms with E-state index in [1.54, 1.807) is 4.90 Å². The van der Waals surface area contributed by atoms with Crippen LogP contribution in [0.15, 0.2) is 0 Å². The molecule has 0 bridgehead atoms. The number of nitrogens with two attached hydrogens (primary N) is 2. The van der Waals surface area contributed by atoms with Gasteiger partial charge in [0.1, 0.15) is 0 Å². The first-order valence-electron chi connectivity index (χ1n) is 7.30. The van der Waals surface area contributed by atoms with E-state index in [4.69, 9.17) is 20.9 Å². The van der Waals surface area contributed by atoms with Crippen molar-refractivity contribution in [2.75, 3.05) is 59.2 Å². The van der Waals surface area contributed by atoms with Gasteiger partial charge in [0.2, 0.25) is 5.91 Å². The molecule has 0 aromatic carbocycles. The molecule has 0 aromatic heterocycles. The van der Waals surface area contributed by atoms with E-state index in [-0.39, 0.29) is 11.9 Å². The van der Waals surface area contributed by atoms with Crippen LogP contribution in [0, 0.1) is 0 Å². The maximum atomic E-state index is 10.4. The number of morpholine rings is 2. The van der Waals surface area contributed by atoms with Crippen LogP contribution in [0.3, 0.4) is 0 Å². The van der Waals surface area contributed by atoms with Crippen LogP contribution < -0.4 is 11.5 Å². The molecule has 2 aliphatic rings. The Labute approximate surface area is 126 Å². The van der Waals surface area contributed by atoms with Crippen LogP contribution >= 0.6 is 0 Å². The molecule has 0 aliphatic carbocycles. The number of primary amides is 2. The first-order valence-corrected chi connectivity index (χ1v) is 7.30. The highest BCUT2D eigenvalue weighted by molar-refractivity contribution is 5.75. The highest BCUT2D eigenvalue weighted by Gasteiger charge is 2.12. The Morgan fingerprint density at radius 3 is 1.67 bits per heavy atom. The smallest absolute Gasteiger partial charge is 0.314 e.